The second-order valence-corrected chi connectivity index (χ2v) is 11.6. The molecule has 0 aromatic heterocycles. The topological polar surface area (TPSA) is 148 Å². The van der Waals surface area contributed by atoms with Crippen LogP contribution in [0.1, 0.15) is 64.9 Å². The predicted molar refractivity (Wildman–Crippen MR) is 158 cm³/mol. The molecule has 1 saturated heterocycles. The normalized spacial score (nSPS) is 17.4. The monoisotopic (exact) mass is 577 g/mol. The highest BCUT2D eigenvalue weighted by molar-refractivity contribution is 6.10. The van der Waals surface area contributed by atoms with Crippen molar-refractivity contribution in [2.45, 2.75) is 83.5 Å². The number of aliphatic carboxylic acids is 1. The fraction of sp³-hybridized carbons (Fsp3) is 0.452. The van der Waals surface area contributed by atoms with Gasteiger partial charge in [-0.1, -0.05) is 57.0 Å². The summed E-state index contributed by atoms with van der Waals surface area (Å²) >= 11 is 0. The SMILES string of the molecule is CC(C)C[C@@H](C(=O)NC(C)CC(=O)O)N1C(=O)N(Cc2ccc(NC(=O)Nc3ccccc3)cc2)C2(CCCC2)C1=O. The molecule has 11 heteroatoms. The minimum Gasteiger partial charge on any atom is -0.481 e. The van der Waals surface area contributed by atoms with Crippen molar-refractivity contribution >= 4 is 41.2 Å². The number of rotatable bonds is 11. The number of hydrogen-bond donors (Lipinski definition) is 4. The average molecular weight is 578 g/mol. The van der Waals surface area contributed by atoms with Crippen molar-refractivity contribution in [1.82, 2.24) is 15.1 Å². The Morgan fingerprint density at radius 1 is 0.905 bits per heavy atom. The van der Waals surface area contributed by atoms with Crippen LogP contribution in [0.3, 0.4) is 0 Å². The van der Waals surface area contributed by atoms with Crippen molar-refractivity contribution in [2.24, 2.45) is 5.92 Å². The molecule has 1 spiro atoms. The first-order valence-corrected chi connectivity index (χ1v) is 14.4. The second kappa shape index (κ2) is 13.1. The summed E-state index contributed by atoms with van der Waals surface area (Å²) in [6, 6.07) is 13.5. The van der Waals surface area contributed by atoms with Gasteiger partial charge in [-0.2, -0.15) is 0 Å². The second-order valence-electron chi connectivity index (χ2n) is 11.6. The molecular weight excluding hydrogens is 538 g/mol. The van der Waals surface area contributed by atoms with Crippen molar-refractivity contribution in [3.63, 3.8) is 0 Å². The number of imide groups is 1. The molecule has 2 atom stereocenters. The van der Waals surface area contributed by atoms with Crippen LogP contribution < -0.4 is 16.0 Å². The quantitative estimate of drug-likeness (QED) is 0.282. The third-order valence-electron chi connectivity index (χ3n) is 7.76. The van der Waals surface area contributed by atoms with Gasteiger partial charge in [0.05, 0.1) is 6.42 Å². The zero-order valence-electron chi connectivity index (χ0n) is 24.3. The van der Waals surface area contributed by atoms with Gasteiger partial charge >= 0.3 is 18.0 Å². The van der Waals surface area contributed by atoms with Crippen LogP contribution in [-0.2, 0) is 20.9 Å². The lowest BCUT2D eigenvalue weighted by Crippen LogP contribution is -2.53. The van der Waals surface area contributed by atoms with E-state index in [2.05, 4.69) is 16.0 Å². The van der Waals surface area contributed by atoms with E-state index in [0.29, 0.717) is 24.2 Å². The van der Waals surface area contributed by atoms with Gasteiger partial charge in [0.25, 0.3) is 5.91 Å². The summed E-state index contributed by atoms with van der Waals surface area (Å²) in [7, 11) is 0. The number of carboxylic acids is 1. The lowest BCUT2D eigenvalue weighted by molar-refractivity contribution is -0.141. The molecule has 6 amide bonds. The highest BCUT2D eigenvalue weighted by atomic mass is 16.4. The number of urea groups is 2. The van der Waals surface area contributed by atoms with Crippen molar-refractivity contribution in [3.05, 3.63) is 60.2 Å². The molecule has 0 bridgehead atoms. The van der Waals surface area contributed by atoms with Gasteiger partial charge in [-0.25, -0.2) is 14.5 Å². The van der Waals surface area contributed by atoms with Crippen LogP contribution in [0.25, 0.3) is 0 Å². The molecular formula is C31H39N5O6. The van der Waals surface area contributed by atoms with Crippen molar-refractivity contribution < 1.29 is 29.1 Å². The zero-order chi connectivity index (χ0) is 30.4. The maximum absolute atomic E-state index is 14.0. The Hall–Kier alpha value is -4.41. The van der Waals surface area contributed by atoms with Crippen LogP contribution in [0.15, 0.2) is 54.6 Å². The molecule has 4 rings (SSSR count). The summed E-state index contributed by atoms with van der Waals surface area (Å²) in [6.45, 7) is 5.57. The van der Waals surface area contributed by atoms with Gasteiger partial charge in [0, 0.05) is 24.0 Å². The number of hydrogen-bond acceptors (Lipinski definition) is 5. The van der Waals surface area contributed by atoms with Crippen LogP contribution in [0.2, 0.25) is 0 Å². The van der Waals surface area contributed by atoms with Crippen LogP contribution >= 0.6 is 0 Å². The summed E-state index contributed by atoms with van der Waals surface area (Å²) in [6.07, 6.45) is 2.60. The Balaban J connectivity index is 1.51. The highest BCUT2D eigenvalue weighted by Crippen LogP contribution is 2.44. The molecule has 1 saturated carbocycles. The van der Waals surface area contributed by atoms with Crippen LogP contribution in [0, 0.1) is 5.92 Å². The van der Waals surface area contributed by atoms with Gasteiger partial charge in [0.15, 0.2) is 0 Å². The molecule has 2 aromatic rings. The smallest absolute Gasteiger partial charge is 0.328 e. The van der Waals surface area contributed by atoms with E-state index in [1.54, 1.807) is 48.2 Å². The van der Waals surface area contributed by atoms with E-state index in [-0.39, 0.29) is 37.2 Å². The number of anilines is 2. The standard InChI is InChI=1S/C31H39N5O6/c1-20(2)17-25(27(39)32-21(3)18-26(37)38)36-28(40)31(15-7-8-16-31)35(30(36)42)19-22-11-13-24(14-12-22)34-29(41)33-23-9-5-4-6-10-23/h4-6,9-14,20-21,25H,7-8,15-19H2,1-3H3,(H,32,39)(H,37,38)(H2,33,34,41)/t21?,25-/m0/s1. The minimum absolute atomic E-state index is 0.00356. The molecule has 224 valence electrons. The van der Waals surface area contributed by atoms with Crippen LogP contribution in [0.4, 0.5) is 21.0 Å². The highest BCUT2D eigenvalue weighted by Gasteiger charge is 2.60. The van der Waals surface area contributed by atoms with Gasteiger partial charge in [-0.3, -0.25) is 14.4 Å². The predicted octanol–water partition coefficient (Wildman–Crippen LogP) is 4.80. The fourth-order valence-electron chi connectivity index (χ4n) is 5.80. The Kier molecular flexibility index (Phi) is 9.49. The Morgan fingerprint density at radius 3 is 2.07 bits per heavy atom. The third kappa shape index (κ3) is 6.89. The van der Waals surface area contributed by atoms with Crippen molar-refractivity contribution in [3.8, 4) is 0 Å². The molecule has 11 nitrogen and oxygen atoms in total. The Morgan fingerprint density at radius 2 is 1.50 bits per heavy atom. The first-order chi connectivity index (χ1) is 20.0. The molecule has 2 fully saturated rings. The number of nitrogens with zero attached hydrogens (tertiary/aromatic N) is 2. The third-order valence-corrected chi connectivity index (χ3v) is 7.76. The lowest BCUT2D eigenvalue weighted by atomic mass is 9.94. The van der Waals surface area contributed by atoms with Crippen molar-refractivity contribution in [1.29, 1.82) is 0 Å². The Bertz CT molecular complexity index is 1310. The number of benzene rings is 2. The van der Waals surface area contributed by atoms with E-state index in [9.17, 15) is 24.0 Å². The van der Waals surface area contributed by atoms with E-state index in [4.69, 9.17) is 5.11 Å². The number of carboxylic acid groups (broad SMARTS) is 1. The maximum atomic E-state index is 14.0. The molecule has 2 aromatic carbocycles. The zero-order valence-corrected chi connectivity index (χ0v) is 24.3. The molecule has 1 unspecified atom stereocenters. The summed E-state index contributed by atoms with van der Waals surface area (Å²) in [5, 5.41) is 17.3. The molecule has 4 N–H and O–H groups in total. The molecule has 42 heavy (non-hydrogen) atoms. The average Bonchev–Trinajstić information content (AvgIpc) is 3.49. The van der Waals surface area contributed by atoms with Gasteiger partial charge < -0.3 is 26.0 Å². The van der Waals surface area contributed by atoms with Gasteiger partial charge in [-0.05, 0) is 61.9 Å². The summed E-state index contributed by atoms with van der Waals surface area (Å²) in [5.74, 6) is -1.94. The molecule has 1 aliphatic heterocycles. The van der Waals surface area contributed by atoms with E-state index in [1.807, 2.05) is 32.0 Å². The molecule has 2 aliphatic rings. The number of amides is 6. The van der Waals surface area contributed by atoms with Gasteiger partial charge in [-0.15, -0.1) is 0 Å². The van der Waals surface area contributed by atoms with Gasteiger partial charge in [0.1, 0.15) is 11.6 Å². The summed E-state index contributed by atoms with van der Waals surface area (Å²) in [4.78, 5) is 67.5. The van der Waals surface area contributed by atoms with Crippen molar-refractivity contribution in [2.75, 3.05) is 10.6 Å². The van der Waals surface area contributed by atoms with Gasteiger partial charge in [0.2, 0.25) is 5.91 Å². The first kappa shape index (κ1) is 30.5. The minimum atomic E-state index is -1.05. The Labute approximate surface area is 245 Å². The van der Waals surface area contributed by atoms with E-state index >= 15 is 0 Å². The molecule has 1 aliphatic carbocycles. The largest absolute Gasteiger partial charge is 0.481 e. The molecule has 0 radical (unpaired) electrons. The summed E-state index contributed by atoms with van der Waals surface area (Å²) < 4.78 is 0. The van der Waals surface area contributed by atoms with E-state index in [0.717, 1.165) is 23.3 Å². The summed E-state index contributed by atoms with van der Waals surface area (Å²) in [5.41, 5.74) is 0.984. The number of carbonyl (C=O) groups is 5. The number of para-hydroxylation sites is 1. The van der Waals surface area contributed by atoms with Crippen LogP contribution in [0.5, 0.6) is 0 Å². The number of nitrogens with one attached hydrogen (secondary N) is 3. The lowest BCUT2D eigenvalue weighted by Gasteiger charge is -2.31. The first-order valence-electron chi connectivity index (χ1n) is 14.4. The maximum Gasteiger partial charge on any atom is 0.328 e. The van der Waals surface area contributed by atoms with E-state index in [1.165, 1.54) is 0 Å². The number of carbonyl (C=O) groups excluding carboxylic acids is 4. The van der Waals surface area contributed by atoms with E-state index < -0.39 is 35.5 Å². The molecule has 1 heterocycles. The fourth-order valence-corrected chi connectivity index (χ4v) is 5.80. The van der Waals surface area contributed by atoms with Crippen LogP contribution in [-0.4, -0.2) is 62.4 Å².